The third-order valence-electron chi connectivity index (χ3n) is 1.90. The average Bonchev–Trinajstić information content (AvgIpc) is 2.12. The molecule has 0 aromatic carbocycles. The number of aliphatic hydroxyl groups is 1. The number of carbonyl (C=O) groups is 1. The number of aliphatic hydroxyl groups excluding tert-OH is 1. The van der Waals surface area contributed by atoms with Gasteiger partial charge in [-0.1, -0.05) is 36.7 Å². The van der Waals surface area contributed by atoms with E-state index in [1.54, 1.807) is 0 Å². The van der Waals surface area contributed by atoms with Crippen LogP contribution in [0.4, 0.5) is 0 Å². The zero-order valence-electron chi connectivity index (χ0n) is 8.38. The molecule has 78 valence electrons. The summed E-state index contributed by atoms with van der Waals surface area (Å²) in [6.45, 7) is 5.87. The van der Waals surface area contributed by atoms with Gasteiger partial charge in [-0.05, 0) is 12.3 Å². The number of hydrogen-bond acceptors (Lipinski definition) is 2. The standard InChI is InChI=1S/C9H18BrNO2/c1-4-7(5-12)11-9(13)8(10)6(2)3/h6-8,12H,4-5H2,1-3H3,(H,11,13). The Labute approximate surface area is 88.0 Å². The molecule has 0 saturated carbocycles. The number of alkyl halides is 1. The summed E-state index contributed by atoms with van der Waals surface area (Å²) in [5, 5.41) is 11.6. The second kappa shape index (κ2) is 6.38. The highest BCUT2D eigenvalue weighted by Gasteiger charge is 2.20. The molecular weight excluding hydrogens is 234 g/mol. The molecule has 0 bridgehead atoms. The van der Waals surface area contributed by atoms with Gasteiger partial charge in [-0.3, -0.25) is 4.79 Å². The molecule has 13 heavy (non-hydrogen) atoms. The minimum atomic E-state index is -0.173. The van der Waals surface area contributed by atoms with Gasteiger partial charge < -0.3 is 10.4 Å². The van der Waals surface area contributed by atoms with Crippen LogP contribution in [0.2, 0.25) is 0 Å². The fourth-order valence-electron chi connectivity index (χ4n) is 0.860. The molecule has 0 aromatic heterocycles. The Bertz CT molecular complexity index is 158. The van der Waals surface area contributed by atoms with Crippen LogP contribution in [0.25, 0.3) is 0 Å². The van der Waals surface area contributed by atoms with Crippen LogP contribution < -0.4 is 5.32 Å². The lowest BCUT2D eigenvalue weighted by atomic mass is 10.1. The van der Waals surface area contributed by atoms with Crippen molar-refractivity contribution < 1.29 is 9.90 Å². The Balaban J connectivity index is 3.98. The van der Waals surface area contributed by atoms with E-state index in [4.69, 9.17) is 5.11 Å². The first-order valence-electron chi connectivity index (χ1n) is 4.58. The second-order valence-corrected chi connectivity index (χ2v) is 4.43. The molecule has 0 radical (unpaired) electrons. The van der Waals surface area contributed by atoms with Crippen LogP contribution in [0.5, 0.6) is 0 Å². The Kier molecular flexibility index (Phi) is 6.33. The molecular formula is C9H18BrNO2. The fourth-order valence-corrected chi connectivity index (χ4v) is 0.993. The van der Waals surface area contributed by atoms with Gasteiger partial charge in [0, 0.05) is 0 Å². The first-order valence-corrected chi connectivity index (χ1v) is 5.49. The quantitative estimate of drug-likeness (QED) is 0.724. The summed E-state index contributed by atoms with van der Waals surface area (Å²) in [5.41, 5.74) is 0. The van der Waals surface area contributed by atoms with Crippen molar-refractivity contribution in [2.45, 2.75) is 38.1 Å². The predicted molar refractivity (Wildman–Crippen MR) is 56.9 cm³/mol. The van der Waals surface area contributed by atoms with Gasteiger partial charge in [-0.2, -0.15) is 0 Å². The largest absolute Gasteiger partial charge is 0.394 e. The topological polar surface area (TPSA) is 49.3 Å². The number of rotatable bonds is 5. The molecule has 4 heteroatoms. The van der Waals surface area contributed by atoms with E-state index in [0.717, 1.165) is 6.42 Å². The number of halogens is 1. The maximum Gasteiger partial charge on any atom is 0.234 e. The van der Waals surface area contributed by atoms with Crippen molar-refractivity contribution in [3.63, 3.8) is 0 Å². The van der Waals surface area contributed by atoms with E-state index < -0.39 is 0 Å². The SMILES string of the molecule is CCC(CO)NC(=O)C(Br)C(C)C. The highest BCUT2D eigenvalue weighted by atomic mass is 79.9. The van der Waals surface area contributed by atoms with Gasteiger partial charge in [0.2, 0.25) is 5.91 Å². The summed E-state index contributed by atoms with van der Waals surface area (Å²) in [6.07, 6.45) is 0.750. The number of amides is 1. The molecule has 2 N–H and O–H groups in total. The van der Waals surface area contributed by atoms with E-state index in [1.807, 2.05) is 20.8 Å². The van der Waals surface area contributed by atoms with Crippen LogP contribution in [-0.4, -0.2) is 28.5 Å². The van der Waals surface area contributed by atoms with Crippen molar-refractivity contribution in [2.75, 3.05) is 6.61 Å². The molecule has 0 spiro atoms. The molecule has 2 atom stereocenters. The minimum absolute atomic E-state index is 0.0000548. The molecule has 3 nitrogen and oxygen atoms in total. The van der Waals surface area contributed by atoms with Crippen molar-refractivity contribution in [3.05, 3.63) is 0 Å². The summed E-state index contributed by atoms with van der Waals surface area (Å²) in [6, 6.07) is -0.119. The Morgan fingerprint density at radius 3 is 2.38 bits per heavy atom. The minimum Gasteiger partial charge on any atom is -0.394 e. The zero-order chi connectivity index (χ0) is 10.4. The Hall–Kier alpha value is -0.0900. The molecule has 0 aliphatic carbocycles. The Morgan fingerprint density at radius 2 is 2.08 bits per heavy atom. The lowest BCUT2D eigenvalue weighted by molar-refractivity contribution is -0.122. The molecule has 1 amide bonds. The predicted octanol–water partition coefficient (Wildman–Crippen LogP) is 1.29. The van der Waals surface area contributed by atoms with Gasteiger partial charge in [-0.15, -0.1) is 0 Å². The Morgan fingerprint density at radius 1 is 1.54 bits per heavy atom. The van der Waals surface area contributed by atoms with Crippen LogP contribution in [0.1, 0.15) is 27.2 Å². The highest BCUT2D eigenvalue weighted by molar-refractivity contribution is 9.10. The second-order valence-electron chi connectivity index (χ2n) is 3.44. The average molecular weight is 252 g/mol. The molecule has 0 aliphatic rings. The van der Waals surface area contributed by atoms with E-state index in [2.05, 4.69) is 21.2 Å². The third-order valence-corrected chi connectivity index (χ3v) is 3.37. The number of hydrogen-bond donors (Lipinski definition) is 2. The molecule has 2 unspecified atom stereocenters. The maximum absolute atomic E-state index is 11.4. The van der Waals surface area contributed by atoms with Gasteiger partial charge in [0.25, 0.3) is 0 Å². The van der Waals surface area contributed by atoms with Crippen molar-refractivity contribution in [3.8, 4) is 0 Å². The van der Waals surface area contributed by atoms with Crippen molar-refractivity contribution in [1.82, 2.24) is 5.32 Å². The number of nitrogens with one attached hydrogen (secondary N) is 1. The molecule has 0 rings (SSSR count). The summed E-state index contributed by atoms with van der Waals surface area (Å²) < 4.78 is 0. The van der Waals surface area contributed by atoms with Gasteiger partial charge in [0.05, 0.1) is 17.5 Å². The van der Waals surface area contributed by atoms with Gasteiger partial charge >= 0.3 is 0 Å². The smallest absolute Gasteiger partial charge is 0.234 e. The van der Waals surface area contributed by atoms with E-state index in [9.17, 15) is 4.79 Å². The molecule has 0 heterocycles. The summed E-state index contributed by atoms with van der Waals surface area (Å²) in [5.74, 6) is 0.215. The highest BCUT2D eigenvalue weighted by Crippen LogP contribution is 2.12. The maximum atomic E-state index is 11.4. The van der Waals surface area contributed by atoms with Crippen LogP contribution in [0.15, 0.2) is 0 Å². The lowest BCUT2D eigenvalue weighted by Gasteiger charge is -2.18. The molecule has 0 saturated heterocycles. The first-order chi connectivity index (χ1) is 6.02. The molecule has 0 aliphatic heterocycles. The van der Waals surface area contributed by atoms with Gasteiger partial charge in [0.15, 0.2) is 0 Å². The molecule has 0 aromatic rings. The van der Waals surface area contributed by atoms with E-state index >= 15 is 0 Å². The normalized spacial score (nSPS) is 15.5. The van der Waals surface area contributed by atoms with Gasteiger partial charge in [0.1, 0.15) is 0 Å². The zero-order valence-corrected chi connectivity index (χ0v) is 9.97. The summed E-state index contributed by atoms with van der Waals surface area (Å²) in [4.78, 5) is 11.3. The fraction of sp³-hybridized carbons (Fsp3) is 0.889. The molecule has 0 fully saturated rings. The third kappa shape index (κ3) is 4.62. The van der Waals surface area contributed by atoms with Crippen LogP contribution >= 0.6 is 15.9 Å². The summed E-state index contributed by atoms with van der Waals surface area (Å²) in [7, 11) is 0. The van der Waals surface area contributed by atoms with E-state index in [1.165, 1.54) is 0 Å². The van der Waals surface area contributed by atoms with Crippen molar-refractivity contribution in [1.29, 1.82) is 0 Å². The monoisotopic (exact) mass is 251 g/mol. The van der Waals surface area contributed by atoms with Crippen LogP contribution in [0, 0.1) is 5.92 Å². The van der Waals surface area contributed by atoms with Crippen LogP contribution in [0.3, 0.4) is 0 Å². The first kappa shape index (κ1) is 12.9. The van der Waals surface area contributed by atoms with Crippen LogP contribution in [-0.2, 0) is 4.79 Å². The lowest BCUT2D eigenvalue weighted by Crippen LogP contribution is -2.42. The van der Waals surface area contributed by atoms with Gasteiger partial charge in [-0.25, -0.2) is 0 Å². The van der Waals surface area contributed by atoms with Crippen molar-refractivity contribution in [2.24, 2.45) is 5.92 Å². The summed E-state index contributed by atoms with van der Waals surface area (Å²) >= 11 is 3.30. The number of carbonyl (C=O) groups excluding carboxylic acids is 1. The van der Waals surface area contributed by atoms with Crippen molar-refractivity contribution >= 4 is 21.8 Å². The van der Waals surface area contributed by atoms with E-state index in [0.29, 0.717) is 0 Å². The van der Waals surface area contributed by atoms with E-state index in [-0.39, 0.29) is 29.3 Å².